The molecule has 0 fully saturated rings. The van der Waals surface area contributed by atoms with Gasteiger partial charge in [-0.05, 0) is 55.5 Å². The molecule has 0 aliphatic carbocycles. The molecule has 6 aromatic rings. The van der Waals surface area contributed by atoms with E-state index in [9.17, 15) is 14.0 Å². The van der Waals surface area contributed by atoms with Gasteiger partial charge in [0.1, 0.15) is 11.4 Å². The SMILES string of the molecule is CCOc1ccc(-c2nn(-c3ccccc3)cc2C=c2sc3nc(-c4ccccc4OC(C)=O)nn3c2=O)cc1F. The van der Waals surface area contributed by atoms with E-state index < -0.39 is 11.8 Å². The van der Waals surface area contributed by atoms with Gasteiger partial charge >= 0.3 is 5.97 Å². The minimum Gasteiger partial charge on any atom is -0.491 e. The summed E-state index contributed by atoms with van der Waals surface area (Å²) in [5.41, 5.74) is 2.56. The third-order valence-electron chi connectivity index (χ3n) is 6.12. The summed E-state index contributed by atoms with van der Waals surface area (Å²) in [6, 6.07) is 21.0. The molecule has 0 aliphatic heterocycles. The first-order chi connectivity index (χ1) is 19.9. The molecule has 0 spiro atoms. The predicted molar refractivity (Wildman–Crippen MR) is 153 cm³/mol. The summed E-state index contributed by atoms with van der Waals surface area (Å²) in [5, 5.41) is 9.12. The molecule has 0 saturated carbocycles. The highest BCUT2D eigenvalue weighted by atomic mass is 32.1. The van der Waals surface area contributed by atoms with Crippen LogP contribution in [-0.2, 0) is 4.79 Å². The Kier molecular flexibility index (Phi) is 6.86. The van der Waals surface area contributed by atoms with Gasteiger partial charge in [-0.3, -0.25) is 9.59 Å². The minimum absolute atomic E-state index is 0.155. The number of fused-ring (bicyclic) bond motifs is 1. The van der Waals surface area contributed by atoms with Crippen LogP contribution in [-0.4, -0.2) is 37.0 Å². The van der Waals surface area contributed by atoms with E-state index in [2.05, 4.69) is 10.1 Å². The van der Waals surface area contributed by atoms with Gasteiger partial charge < -0.3 is 9.47 Å². The van der Waals surface area contributed by atoms with Crippen LogP contribution >= 0.6 is 11.3 Å². The molecule has 0 amide bonds. The quantitative estimate of drug-likeness (QED) is 0.204. The Labute approximate surface area is 236 Å². The second-order valence-electron chi connectivity index (χ2n) is 8.93. The van der Waals surface area contributed by atoms with E-state index in [-0.39, 0.29) is 17.1 Å². The van der Waals surface area contributed by atoms with E-state index in [1.54, 1.807) is 60.3 Å². The average molecular weight is 568 g/mol. The Morgan fingerprint density at radius 3 is 2.54 bits per heavy atom. The molecule has 0 saturated heterocycles. The molecule has 204 valence electrons. The standard InChI is InChI=1S/C30H22FN5O4S/c1-3-39-25-14-13-19(15-23(25)31)27-20(17-35(33-27)21-9-5-4-6-10-21)16-26-29(38)36-30(41-26)32-28(34-36)22-11-7-8-12-24(22)40-18(2)37/h4-17H,3H2,1-2H3. The van der Waals surface area contributed by atoms with E-state index in [0.29, 0.717) is 44.2 Å². The Bertz CT molecular complexity index is 2020. The van der Waals surface area contributed by atoms with Gasteiger partial charge in [-0.2, -0.15) is 14.6 Å². The lowest BCUT2D eigenvalue weighted by Gasteiger charge is -2.06. The highest BCUT2D eigenvalue weighted by Gasteiger charge is 2.18. The number of benzene rings is 3. The van der Waals surface area contributed by atoms with Crippen molar-refractivity contribution in [2.75, 3.05) is 6.61 Å². The number of aromatic nitrogens is 5. The van der Waals surface area contributed by atoms with Crippen molar-refractivity contribution < 1.29 is 18.7 Å². The van der Waals surface area contributed by atoms with Gasteiger partial charge in [0, 0.05) is 24.2 Å². The van der Waals surface area contributed by atoms with Crippen molar-refractivity contribution in [3.05, 3.63) is 105 Å². The van der Waals surface area contributed by atoms with Crippen LogP contribution in [0, 0.1) is 5.82 Å². The topological polar surface area (TPSA) is 101 Å². The third kappa shape index (κ3) is 5.10. The molecule has 11 heteroatoms. The van der Waals surface area contributed by atoms with Crippen LogP contribution in [0.5, 0.6) is 11.5 Å². The maximum Gasteiger partial charge on any atom is 0.308 e. The number of carbonyl (C=O) groups is 1. The second kappa shape index (κ2) is 10.8. The van der Waals surface area contributed by atoms with E-state index >= 15 is 0 Å². The molecule has 3 aromatic carbocycles. The fourth-order valence-corrected chi connectivity index (χ4v) is 5.23. The van der Waals surface area contributed by atoms with Crippen molar-refractivity contribution in [2.45, 2.75) is 13.8 Å². The van der Waals surface area contributed by atoms with Crippen LogP contribution < -0.4 is 19.6 Å². The zero-order chi connectivity index (χ0) is 28.5. The summed E-state index contributed by atoms with van der Waals surface area (Å²) in [6.45, 7) is 3.44. The number of esters is 1. The van der Waals surface area contributed by atoms with Crippen molar-refractivity contribution >= 4 is 28.3 Å². The number of rotatable bonds is 7. The summed E-state index contributed by atoms with van der Waals surface area (Å²) in [4.78, 5) is 29.8. The first-order valence-corrected chi connectivity index (χ1v) is 13.5. The van der Waals surface area contributed by atoms with Crippen molar-refractivity contribution in [3.63, 3.8) is 0 Å². The Morgan fingerprint density at radius 2 is 1.80 bits per heavy atom. The second-order valence-corrected chi connectivity index (χ2v) is 9.94. The molecule has 0 bridgehead atoms. The Balaban J connectivity index is 1.46. The molecule has 0 radical (unpaired) electrons. The molecule has 0 N–H and O–H groups in total. The lowest BCUT2D eigenvalue weighted by atomic mass is 10.1. The van der Waals surface area contributed by atoms with Gasteiger partial charge in [0.05, 0.1) is 22.4 Å². The number of hydrogen-bond acceptors (Lipinski definition) is 8. The monoisotopic (exact) mass is 567 g/mol. The molecule has 41 heavy (non-hydrogen) atoms. The number of para-hydroxylation sites is 2. The van der Waals surface area contributed by atoms with E-state index in [1.165, 1.54) is 17.5 Å². The molecule has 6 rings (SSSR count). The summed E-state index contributed by atoms with van der Waals surface area (Å²) < 4.78 is 28.7. The fraction of sp³-hybridized carbons (Fsp3) is 0.100. The normalized spacial score (nSPS) is 11.7. The first kappa shape index (κ1) is 26.1. The third-order valence-corrected chi connectivity index (χ3v) is 7.08. The van der Waals surface area contributed by atoms with Crippen LogP contribution in [0.25, 0.3) is 39.4 Å². The van der Waals surface area contributed by atoms with Crippen LogP contribution in [0.4, 0.5) is 4.39 Å². The predicted octanol–water partition coefficient (Wildman–Crippen LogP) is 4.68. The number of carbonyl (C=O) groups excluding carboxylic acids is 1. The number of nitrogens with zero attached hydrogens (tertiary/aromatic N) is 5. The maximum atomic E-state index is 14.8. The van der Waals surface area contributed by atoms with Gasteiger partial charge in [-0.1, -0.05) is 41.7 Å². The summed E-state index contributed by atoms with van der Waals surface area (Å²) in [7, 11) is 0. The number of hydrogen-bond donors (Lipinski definition) is 0. The molecule has 0 unspecified atom stereocenters. The zero-order valence-electron chi connectivity index (χ0n) is 21.9. The molecular formula is C30H22FN5O4S. The highest BCUT2D eigenvalue weighted by molar-refractivity contribution is 7.15. The van der Waals surface area contributed by atoms with Gasteiger partial charge in [0.2, 0.25) is 4.96 Å². The largest absolute Gasteiger partial charge is 0.491 e. The first-order valence-electron chi connectivity index (χ1n) is 12.7. The van der Waals surface area contributed by atoms with Gasteiger partial charge in [0.15, 0.2) is 17.4 Å². The van der Waals surface area contributed by atoms with Gasteiger partial charge in [-0.15, -0.1) is 5.10 Å². The fourth-order valence-electron chi connectivity index (χ4n) is 4.34. The summed E-state index contributed by atoms with van der Waals surface area (Å²) in [6.07, 6.45) is 3.49. The van der Waals surface area contributed by atoms with Crippen LogP contribution in [0.1, 0.15) is 19.4 Å². The van der Waals surface area contributed by atoms with E-state index in [0.717, 1.165) is 17.0 Å². The van der Waals surface area contributed by atoms with Crippen molar-refractivity contribution in [3.8, 4) is 39.8 Å². The van der Waals surface area contributed by atoms with E-state index in [1.807, 2.05) is 30.3 Å². The minimum atomic E-state index is -0.505. The average Bonchev–Trinajstić information content (AvgIpc) is 3.65. The Hall–Kier alpha value is -5.16. The lowest BCUT2D eigenvalue weighted by Crippen LogP contribution is -2.23. The Morgan fingerprint density at radius 1 is 1.02 bits per heavy atom. The summed E-state index contributed by atoms with van der Waals surface area (Å²) in [5.74, 6) is -0.256. The van der Waals surface area contributed by atoms with Crippen molar-refractivity contribution in [1.29, 1.82) is 0 Å². The zero-order valence-corrected chi connectivity index (χ0v) is 22.8. The van der Waals surface area contributed by atoms with E-state index in [4.69, 9.17) is 14.6 Å². The number of thiazole rings is 1. The number of halogens is 1. The molecule has 0 atom stereocenters. The van der Waals surface area contributed by atoms with Gasteiger partial charge in [0.25, 0.3) is 5.56 Å². The molecule has 3 aromatic heterocycles. The molecule has 3 heterocycles. The number of ether oxygens (including phenoxy) is 2. The lowest BCUT2D eigenvalue weighted by molar-refractivity contribution is -0.131. The van der Waals surface area contributed by atoms with Crippen LogP contribution in [0.15, 0.2) is 83.8 Å². The highest BCUT2D eigenvalue weighted by Crippen LogP contribution is 2.30. The van der Waals surface area contributed by atoms with Crippen LogP contribution in [0.3, 0.4) is 0 Å². The molecular weight excluding hydrogens is 545 g/mol. The molecule has 0 aliphatic rings. The van der Waals surface area contributed by atoms with Crippen molar-refractivity contribution in [2.24, 2.45) is 0 Å². The summed E-state index contributed by atoms with van der Waals surface area (Å²) >= 11 is 1.16. The van der Waals surface area contributed by atoms with Crippen molar-refractivity contribution in [1.82, 2.24) is 24.4 Å². The van der Waals surface area contributed by atoms with Gasteiger partial charge in [-0.25, -0.2) is 9.07 Å². The smallest absolute Gasteiger partial charge is 0.308 e. The molecule has 9 nitrogen and oxygen atoms in total. The van der Waals surface area contributed by atoms with Crippen LogP contribution in [0.2, 0.25) is 0 Å². The maximum absolute atomic E-state index is 14.8.